The van der Waals surface area contributed by atoms with Crippen LogP contribution < -0.4 is 5.32 Å². The van der Waals surface area contributed by atoms with Crippen LogP contribution in [-0.2, 0) is 14.8 Å². The van der Waals surface area contributed by atoms with E-state index in [-0.39, 0.29) is 17.3 Å². The van der Waals surface area contributed by atoms with Gasteiger partial charge in [0.25, 0.3) is 0 Å². The van der Waals surface area contributed by atoms with Crippen molar-refractivity contribution in [3.8, 4) is 0 Å². The number of carbonyl (C=O) groups excluding carboxylic acids is 1. The monoisotopic (exact) mass is 367 g/mol. The predicted molar refractivity (Wildman–Crippen MR) is 89.4 cm³/mol. The first-order valence-electron chi connectivity index (χ1n) is 8.05. The lowest BCUT2D eigenvalue weighted by Crippen LogP contribution is -2.44. The number of rotatable bonds is 4. The number of carbonyl (C=O) groups is 1. The number of aryl methyl sites for hydroxylation is 3. The average molecular weight is 367 g/mol. The van der Waals surface area contributed by atoms with Gasteiger partial charge in [0.15, 0.2) is 5.82 Å². The Morgan fingerprint density at radius 2 is 2.16 bits per heavy atom. The molecule has 0 radical (unpaired) electrons. The Labute approximate surface area is 145 Å². The number of sulfonamides is 1. The number of aromatic amines is 1. The second-order valence-corrected chi connectivity index (χ2v) is 8.15. The molecule has 3 rings (SSSR count). The second-order valence-electron chi connectivity index (χ2n) is 6.28. The number of piperidine rings is 1. The molecule has 0 aliphatic carbocycles. The highest BCUT2D eigenvalue weighted by Crippen LogP contribution is 2.27. The number of nitrogens with zero attached hydrogens (tertiary/aromatic N) is 3. The Bertz CT molecular complexity index is 866. The van der Waals surface area contributed by atoms with E-state index in [2.05, 4.69) is 20.7 Å². The number of H-pyrrole nitrogens is 1. The van der Waals surface area contributed by atoms with Gasteiger partial charge in [-0.2, -0.15) is 9.40 Å². The van der Waals surface area contributed by atoms with Gasteiger partial charge in [0, 0.05) is 19.2 Å². The summed E-state index contributed by atoms with van der Waals surface area (Å²) in [6.45, 7) is 5.58. The van der Waals surface area contributed by atoms with Gasteiger partial charge in [0.05, 0.1) is 17.3 Å². The van der Waals surface area contributed by atoms with Crippen molar-refractivity contribution in [1.29, 1.82) is 0 Å². The Balaban J connectivity index is 1.75. The van der Waals surface area contributed by atoms with Crippen LogP contribution in [0.1, 0.15) is 30.0 Å². The van der Waals surface area contributed by atoms with E-state index in [1.165, 1.54) is 4.31 Å². The van der Waals surface area contributed by atoms with Crippen LogP contribution in [0.4, 0.5) is 5.82 Å². The fourth-order valence-corrected chi connectivity index (χ4v) is 4.93. The van der Waals surface area contributed by atoms with Crippen LogP contribution in [0.25, 0.3) is 0 Å². The predicted octanol–water partition coefficient (Wildman–Crippen LogP) is 1.36. The second kappa shape index (κ2) is 6.60. The van der Waals surface area contributed by atoms with E-state index in [1.807, 2.05) is 0 Å². The lowest BCUT2D eigenvalue weighted by atomic mass is 9.99. The van der Waals surface area contributed by atoms with E-state index in [9.17, 15) is 13.2 Å². The van der Waals surface area contributed by atoms with Crippen LogP contribution in [0, 0.1) is 26.7 Å². The highest BCUT2D eigenvalue weighted by atomic mass is 32.2. The lowest BCUT2D eigenvalue weighted by molar-refractivity contribution is -0.120. The number of hydrogen-bond donors (Lipinski definition) is 2. The molecule has 9 nitrogen and oxygen atoms in total. The van der Waals surface area contributed by atoms with Crippen molar-refractivity contribution in [1.82, 2.24) is 19.7 Å². The maximum absolute atomic E-state index is 12.9. The van der Waals surface area contributed by atoms with E-state index in [0.717, 1.165) is 0 Å². The minimum Gasteiger partial charge on any atom is -0.360 e. The minimum absolute atomic E-state index is 0.134. The summed E-state index contributed by atoms with van der Waals surface area (Å²) in [6.07, 6.45) is 1.24. The Morgan fingerprint density at radius 1 is 1.40 bits per heavy atom. The van der Waals surface area contributed by atoms with Gasteiger partial charge in [-0.1, -0.05) is 5.16 Å². The summed E-state index contributed by atoms with van der Waals surface area (Å²) in [5.74, 6) is 0.236. The Morgan fingerprint density at radius 3 is 2.76 bits per heavy atom. The molecule has 1 amide bonds. The molecule has 1 aliphatic rings. The summed E-state index contributed by atoms with van der Waals surface area (Å²) in [5.41, 5.74) is 0.935. The average Bonchev–Trinajstić information content (AvgIpc) is 3.13. The Hall–Kier alpha value is -2.20. The molecule has 10 heteroatoms. The molecule has 136 valence electrons. The number of nitrogens with one attached hydrogen (secondary N) is 2. The maximum Gasteiger partial charge on any atom is 0.246 e. The summed E-state index contributed by atoms with van der Waals surface area (Å²) >= 11 is 0. The molecule has 1 atom stereocenters. The van der Waals surface area contributed by atoms with E-state index >= 15 is 0 Å². The van der Waals surface area contributed by atoms with Crippen molar-refractivity contribution >= 4 is 21.7 Å². The molecule has 1 fully saturated rings. The summed E-state index contributed by atoms with van der Waals surface area (Å²) in [6, 6.07) is 1.62. The quantitative estimate of drug-likeness (QED) is 0.841. The van der Waals surface area contributed by atoms with E-state index in [1.54, 1.807) is 26.8 Å². The summed E-state index contributed by atoms with van der Waals surface area (Å²) in [5, 5.41) is 13.1. The molecule has 0 spiro atoms. The first-order chi connectivity index (χ1) is 11.8. The van der Waals surface area contributed by atoms with Gasteiger partial charge in [-0.25, -0.2) is 8.42 Å². The summed E-state index contributed by atoms with van der Waals surface area (Å²) in [7, 11) is -3.69. The van der Waals surface area contributed by atoms with Crippen LogP contribution in [0.15, 0.2) is 15.5 Å². The molecule has 1 aliphatic heterocycles. The number of amides is 1. The van der Waals surface area contributed by atoms with Gasteiger partial charge in [-0.3, -0.25) is 9.89 Å². The molecule has 2 aromatic rings. The lowest BCUT2D eigenvalue weighted by Gasteiger charge is -2.31. The molecular weight excluding hydrogens is 346 g/mol. The van der Waals surface area contributed by atoms with Crippen molar-refractivity contribution in [2.45, 2.75) is 38.5 Å². The van der Waals surface area contributed by atoms with Crippen LogP contribution in [0.2, 0.25) is 0 Å². The molecule has 1 unspecified atom stereocenters. The summed E-state index contributed by atoms with van der Waals surface area (Å²) in [4.78, 5) is 12.6. The first-order valence-corrected chi connectivity index (χ1v) is 9.49. The molecule has 0 saturated carbocycles. The van der Waals surface area contributed by atoms with Crippen LogP contribution in [0.3, 0.4) is 0 Å². The van der Waals surface area contributed by atoms with Crippen molar-refractivity contribution < 1.29 is 17.7 Å². The zero-order valence-corrected chi connectivity index (χ0v) is 15.2. The zero-order valence-electron chi connectivity index (χ0n) is 14.4. The number of hydrogen-bond acceptors (Lipinski definition) is 6. The standard InChI is InChI=1S/C15H21N5O4S/c1-9-7-13(19-24-9)16-15(21)12-5-4-6-20(8-12)25(22,23)14-10(2)17-18-11(14)3/h7,12H,4-6,8H2,1-3H3,(H,17,18)(H,16,19,21). The van der Waals surface area contributed by atoms with E-state index in [0.29, 0.717) is 42.4 Å². The number of aromatic nitrogens is 3. The third-order valence-electron chi connectivity index (χ3n) is 4.29. The number of anilines is 1. The van der Waals surface area contributed by atoms with Crippen LogP contribution in [-0.4, -0.2) is 47.1 Å². The van der Waals surface area contributed by atoms with Gasteiger partial charge >= 0.3 is 0 Å². The largest absolute Gasteiger partial charge is 0.360 e. The third kappa shape index (κ3) is 3.45. The molecule has 1 saturated heterocycles. The fourth-order valence-electron chi connectivity index (χ4n) is 3.08. The highest BCUT2D eigenvalue weighted by molar-refractivity contribution is 7.89. The van der Waals surface area contributed by atoms with Crippen LogP contribution >= 0.6 is 0 Å². The molecule has 2 aromatic heterocycles. The molecule has 2 N–H and O–H groups in total. The molecule has 0 aromatic carbocycles. The first kappa shape index (κ1) is 17.6. The van der Waals surface area contributed by atoms with E-state index in [4.69, 9.17) is 4.52 Å². The van der Waals surface area contributed by atoms with Gasteiger partial charge in [-0.05, 0) is 33.6 Å². The van der Waals surface area contributed by atoms with Crippen molar-refractivity contribution in [2.75, 3.05) is 18.4 Å². The fraction of sp³-hybridized carbons (Fsp3) is 0.533. The van der Waals surface area contributed by atoms with Gasteiger partial charge in [0.1, 0.15) is 10.7 Å². The third-order valence-corrected chi connectivity index (χ3v) is 6.42. The van der Waals surface area contributed by atoms with Crippen molar-refractivity contribution in [3.63, 3.8) is 0 Å². The molecule has 0 bridgehead atoms. The smallest absolute Gasteiger partial charge is 0.246 e. The van der Waals surface area contributed by atoms with Gasteiger partial charge in [0.2, 0.25) is 15.9 Å². The van der Waals surface area contributed by atoms with Crippen molar-refractivity contribution in [2.24, 2.45) is 5.92 Å². The molecular formula is C15H21N5O4S. The maximum atomic E-state index is 12.9. The highest BCUT2D eigenvalue weighted by Gasteiger charge is 2.35. The van der Waals surface area contributed by atoms with E-state index < -0.39 is 15.9 Å². The summed E-state index contributed by atoms with van der Waals surface area (Å²) < 4.78 is 32.1. The van der Waals surface area contributed by atoms with Gasteiger partial charge in [-0.15, -0.1) is 0 Å². The van der Waals surface area contributed by atoms with Crippen LogP contribution in [0.5, 0.6) is 0 Å². The normalized spacial score (nSPS) is 19.1. The topological polar surface area (TPSA) is 121 Å². The Kier molecular flexibility index (Phi) is 4.65. The molecule has 25 heavy (non-hydrogen) atoms. The molecule has 3 heterocycles. The minimum atomic E-state index is -3.69. The zero-order chi connectivity index (χ0) is 18.2. The van der Waals surface area contributed by atoms with Gasteiger partial charge < -0.3 is 9.84 Å². The SMILES string of the molecule is Cc1cc(NC(=O)C2CCCN(S(=O)(=O)c3c(C)n[nH]c3C)C2)no1. The van der Waals surface area contributed by atoms with Crippen molar-refractivity contribution in [3.05, 3.63) is 23.2 Å².